The first kappa shape index (κ1) is 13.1. The third-order valence-corrected chi connectivity index (χ3v) is 5.02. The van der Waals surface area contributed by atoms with E-state index in [4.69, 9.17) is 4.98 Å². The zero-order valence-electron chi connectivity index (χ0n) is 12.4. The minimum absolute atomic E-state index is 0.110. The lowest BCUT2D eigenvalue weighted by Gasteiger charge is -2.27. The number of hydrogen-bond acceptors (Lipinski definition) is 2. The van der Waals surface area contributed by atoms with Crippen molar-refractivity contribution in [1.82, 2.24) is 15.3 Å². The molecule has 0 unspecified atom stereocenters. The second kappa shape index (κ2) is 5.30. The Bertz CT molecular complexity index is 592. The van der Waals surface area contributed by atoms with E-state index in [1.165, 1.54) is 55.6 Å². The minimum Gasteiger partial charge on any atom is -0.344 e. The van der Waals surface area contributed by atoms with Gasteiger partial charge >= 0.3 is 0 Å². The van der Waals surface area contributed by atoms with Crippen LogP contribution >= 0.6 is 0 Å². The molecular formula is C18H23N3. The molecule has 1 aromatic carbocycles. The summed E-state index contributed by atoms with van der Waals surface area (Å²) in [6.45, 7) is 0.919. The maximum Gasteiger partial charge on any atom is 0.116 e. The summed E-state index contributed by atoms with van der Waals surface area (Å²) in [5.41, 5.74) is 2.75. The van der Waals surface area contributed by atoms with E-state index in [1.54, 1.807) is 0 Å². The number of imidazole rings is 1. The number of nitrogens with one attached hydrogen (secondary N) is 2. The summed E-state index contributed by atoms with van der Waals surface area (Å²) < 4.78 is 0. The molecule has 2 saturated carbocycles. The van der Waals surface area contributed by atoms with E-state index in [-0.39, 0.29) is 5.41 Å². The SMILES string of the molecule is c1ccc(C2(c3ncc(CNC4CC4)[nH]3)CCCC2)cc1. The van der Waals surface area contributed by atoms with Crippen LogP contribution in [-0.4, -0.2) is 16.0 Å². The third kappa shape index (κ3) is 2.51. The van der Waals surface area contributed by atoms with Crippen LogP contribution in [-0.2, 0) is 12.0 Å². The van der Waals surface area contributed by atoms with Gasteiger partial charge in [-0.05, 0) is 31.2 Å². The molecule has 2 aliphatic rings. The second-order valence-corrected chi connectivity index (χ2v) is 6.57. The predicted octanol–water partition coefficient (Wildman–Crippen LogP) is 3.52. The van der Waals surface area contributed by atoms with Crippen molar-refractivity contribution in [3.05, 3.63) is 53.6 Å². The molecule has 2 fully saturated rings. The van der Waals surface area contributed by atoms with Gasteiger partial charge in [-0.1, -0.05) is 43.2 Å². The number of H-pyrrole nitrogens is 1. The van der Waals surface area contributed by atoms with Gasteiger partial charge in [-0.15, -0.1) is 0 Å². The molecular weight excluding hydrogens is 258 g/mol. The molecule has 0 spiro atoms. The molecule has 4 rings (SSSR count). The maximum absolute atomic E-state index is 4.75. The van der Waals surface area contributed by atoms with Gasteiger partial charge in [-0.3, -0.25) is 0 Å². The van der Waals surface area contributed by atoms with Gasteiger partial charge < -0.3 is 10.3 Å². The van der Waals surface area contributed by atoms with Crippen LogP contribution in [0.15, 0.2) is 36.5 Å². The Hall–Kier alpha value is -1.61. The molecule has 0 aliphatic heterocycles. The van der Waals surface area contributed by atoms with Gasteiger partial charge in [0.25, 0.3) is 0 Å². The lowest BCUT2D eigenvalue weighted by molar-refractivity contribution is 0.503. The van der Waals surface area contributed by atoms with E-state index in [1.807, 2.05) is 6.20 Å². The Labute approximate surface area is 126 Å². The van der Waals surface area contributed by atoms with Gasteiger partial charge in [0.2, 0.25) is 0 Å². The van der Waals surface area contributed by atoms with E-state index >= 15 is 0 Å². The fourth-order valence-corrected chi connectivity index (χ4v) is 3.63. The van der Waals surface area contributed by atoms with Crippen molar-refractivity contribution in [3.8, 4) is 0 Å². The van der Waals surface area contributed by atoms with Gasteiger partial charge in [0, 0.05) is 24.5 Å². The van der Waals surface area contributed by atoms with E-state index in [0.29, 0.717) is 0 Å². The second-order valence-electron chi connectivity index (χ2n) is 6.57. The molecule has 2 N–H and O–H groups in total. The molecule has 21 heavy (non-hydrogen) atoms. The van der Waals surface area contributed by atoms with Crippen LogP contribution in [0, 0.1) is 0 Å². The molecule has 0 saturated heterocycles. The standard InChI is InChI=1S/C18H23N3/c1-2-6-14(7-3-1)18(10-4-5-11-18)17-20-13-16(21-17)12-19-15-8-9-15/h1-3,6-7,13,15,19H,4-5,8-12H2,(H,20,21). The van der Waals surface area contributed by atoms with Crippen LogP contribution in [0.1, 0.15) is 55.6 Å². The fourth-order valence-electron chi connectivity index (χ4n) is 3.63. The number of aromatic nitrogens is 2. The molecule has 1 aromatic heterocycles. The molecule has 0 amide bonds. The molecule has 3 heteroatoms. The first-order valence-electron chi connectivity index (χ1n) is 8.20. The summed E-state index contributed by atoms with van der Waals surface area (Å²) >= 11 is 0. The van der Waals surface area contributed by atoms with E-state index in [9.17, 15) is 0 Å². The molecule has 0 radical (unpaired) electrons. The lowest BCUT2D eigenvalue weighted by Crippen LogP contribution is -2.25. The largest absolute Gasteiger partial charge is 0.344 e. The number of rotatable bonds is 5. The summed E-state index contributed by atoms with van der Waals surface area (Å²) in [6, 6.07) is 11.7. The Morgan fingerprint density at radius 3 is 2.62 bits per heavy atom. The summed E-state index contributed by atoms with van der Waals surface area (Å²) in [7, 11) is 0. The number of nitrogens with zero attached hydrogens (tertiary/aromatic N) is 1. The first-order valence-corrected chi connectivity index (χ1v) is 8.20. The van der Waals surface area contributed by atoms with Crippen molar-refractivity contribution in [2.24, 2.45) is 0 Å². The van der Waals surface area contributed by atoms with Crippen LogP contribution in [0.4, 0.5) is 0 Å². The Morgan fingerprint density at radius 2 is 1.90 bits per heavy atom. The van der Waals surface area contributed by atoms with Gasteiger partial charge in [-0.25, -0.2) is 4.98 Å². The predicted molar refractivity (Wildman–Crippen MR) is 84.1 cm³/mol. The average Bonchev–Trinajstić information content (AvgIpc) is 3.04. The Kier molecular flexibility index (Phi) is 3.30. The van der Waals surface area contributed by atoms with Crippen LogP contribution in [0.2, 0.25) is 0 Å². The molecule has 2 aromatic rings. The maximum atomic E-state index is 4.75. The smallest absolute Gasteiger partial charge is 0.116 e. The molecule has 0 atom stereocenters. The molecule has 3 nitrogen and oxygen atoms in total. The van der Waals surface area contributed by atoms with Crippen LogP contribution in [0.3, 0.4) is 0 Å². The zero-order chi connectivity index (χ0) is 14.1. The number of benzene rings is 1. The van der Waals surface area contributed by atoms with Crippen molar-refractivity contribution in [2.45, 2.75) is 56.5 Å². The normalized spacial score (nSPS) is 20.8. The van der Waals surface area contributed by atoms with E-state index in [0.717, 1.165) is 12.6 Å². The summed E-state index contributed by atoms with van der Waals surface area (Å²) in [4.78, 5) is 8.35. The lowest BCUT2D eigenvalue weighted by atomic mass is 9.78. The first-order chi connectivity index (χ1) is 10.4. The van der Waals surface area contributed by atoms with Crippen molar-refractivity contribution in [1.29, 1.82) is 0 Å². The summed E-state index contributed by atoms with van der Waals surface area (Å²) in [6.07, 6.45) is 9.69. The van der Waals surface area contributed by atoms with Gasteiger partial charge in [0.15, 0.2) is 0 Å². The van der Waals surface area contributed by atoms with Crippen LogP contribution in [0.25, 0.3) is 0 Å². The van der Waals surface area contributed by atoms with Crippen molar-refractivity contribution < 1.29 is 0 Å². The van der Waals surface area contributed by atoms with Crippen molar-refractivity contribution >= 4 is 0 Å². The minimum atomic E-state index is 0.110. The highest BCUT2D eigenvalue weighted by Crippen LogP contribution is 2.45. The topological polar surface area (TPSA) is 40.7 Å². The van der Waals surface area contributed by atoms with Gasteiger partial charge in [0.05, 0.1) is 5.41 Å². The molecule has 0 bridgehead atoms. The fraction of sp³-hybridized carbons (Fsp3) is 0.500. The highest BCUT2D eigenvalue weighted by molar-refractivity contribution is 5.34. The van der Waals surface area contributed by atoms with Crippen LogP contribution < -0.4 is 5.32 Å². The monoisotopic (exact) mass is 281 g/mol. The number of hydrogen-bond donors (Lipinski definition) is 2. The average molecular weight is 281 g/mol. The zero-order valence-corrected chi connectivity index (χ0v) is 12.4. The molecule has 2 aliphatic carbocycles. The highest BCUT2D eigenvalue weighted by Gasteiger charge is 2.39. The Balaban J connectivity index is 1.61. The number of aromatic amines is 1. The van der Waals surface area contributed by atoms with E-state index in [2.05, 4.69) is 40.6 Å². The Morgan fingerprint density at radius 1 is 1.14 bits per heavy atom. The summed E-state index contributed by atoms with van der Waals surface area (Å²) in [5.74, 6) is 1.17. The third-order valence-electron chi connectivity index (χ3n) is 5.02. The summed E-state index contributed by atoms with van der Waals surface area (Å²) in [5, 5.41) is 3.56. The quantitative estimate of drug-likeness (QED) is 0.880. The molecule has 1 heterocycles. The van der Waals surface area contributed by atoms with Gasteiger partial charge in [-0.2, -0.15) is 0 Å². The van der Waals surface area contributed by atoms with Crippen LogP contribution in [0.5, 0.6) is 0 Å². The van der Waals surface area contributed by atoms with E-state index < -0.39 is 0 Å². The highest BCUT2D eigenvalue weighted by atomic mass is 15.0. The van der Waals surface area contributed by atoms with Crippen molar-refractivity contribution in [3.63, 3.8) is 0 Å². The molecule has 110 valence electrons. The van der Waals surface area contributed by atoms with Crippen molar-refractivity contribution in [2.75, 3.05) is 0 Å². The van der Waals surface area contributed by atoms with Gasteiger partial charge in [0.1, 0.15) is 5.82 Å².